The fourth-order valence-electron chi connectivity index (χ4n) is 5.06. The molecule has 0 bridgehead atoms. The number of ether oxygens (including phenoxy) is 2. The topological polar surface area (TPSA) is 92.8 Å². The van der Waals surface area contributed by atoms with E-state index in [1.54, 1.807) is 11.0 Å². The van der Waals surface area contributed by atoms with Gasteiger partial charge in [-0.25, -0.2) is 9.78 Å². The van der Waals surface area contributed by atoms with E-state index in [0.29, 0.717) is 46.9 Å². The van der Waals surface area contributed by atoms with Crippen molar-refractivity contribution in [3.63, 3.8) is 0 Å². The summed E-state index contributed by atoms with van der Waals surface area (Å²) in [7, 11) is 1.34. The zero-order valence-electron chi connectivity index (χ0n) is 21.5. The van der Waals surface area contributed by atoms with Crippen molar-refractivity contribution in [3.05, 3.63) is 40.5 Å². The summed E-state index contributed by atoms with van der Waals surface area (Å²) in [6.07, 6.45) is 4.52. The molecular formula is C27H34Cl2N4O4. The van der Waals surface area contributed by atoms with E-state index in [0.717, 1.165) is 43.7 Å². The van der Waals surface area contributed by atoms with Gasteiger partial charge in [0.2, 0.25) is 5.91 Å². The number of carbonyl (C=O) groups excluding carboxylic acids is 2. The lowest BCUT2D eigenvalue weighted by atomic mass is 9.88. The summed E-state index contributed by atoms with van der Waals surface area (Å²) in [5.41, 5.74) is 2.26. The Morgan fingerprint density at radius 1 is 1.19 bits per heavy atom. The summed E-state index contributed by atoms with van der Waals surface area (Å²) < 4.78 is 10.6. The van der Waals surface area contributed by atoms with E-state index in [2.05, 4.69) is 29.5 Å². The number of hydrogen-bond donors (Lipinski definition) is 2. The van der Waals surface area contributed by atoms with Crippen molar-refractivity contribution < 1.29 is 19.1 Å². The highest BCUT2D eigenvalue weighted by Crippen LogP contribution is 2.37. The zero-order valence-corrected chi connectivity index (χ0v) is 23.0. The third-order valence-corrected chi connectivity index (χ3v) is 7.61. The average Bonchev–Trinajstić information content (AvgIpc) is 2.88. The predicted octanol–water partition coefficient (Wildman–Crippen LogP) is 6.09. The Hall–Kier alpha value is -2.55. The van der Waals surface area contributed by atoms with Crippen molar-refractivity contribution in [2.24, 2.45) is 11.8 Å². The van der Waals surface area contributed by atoms with E-state index in [1.165, 1.54) is 13.3 Å². The first-order valence-corrected chi connectivity index (χ1v) is 13.4. The van der Waals surface area contributed by atoms with Gasteiger partial charge in [-0.3, -0.25) is 4.79 Å². The number of aromatic nitrogens is 1. The molecule has 2 aromatic rings. The summed E-state index contributed by atoms with van der Waals surface area (Å²) in [5, 5.41) is 7.38. The van der Waals surface area contributed by atoms with E-state index in [1.807, 2.05) is 18.2 Å². The number of nitrogens with zero attached hydrogens (tertiary/aromatic N) is 2. The number of amides is 2. The molecule has 2 saturated heterocycles. The lowest BCUT2D eigenvalue weighted by Gasteiger charge is -2.35. The molecule has 2 aliphatic heterocycles. The first-order chi connectivity index (χ1) is 17.6. The fraction of sp³-hybridized carbons (Fsp3) is 0.519. The first-order valence-electron chi connectivity index (χ1n) is 12.6. The lowest BCUT2D eigenvalue weighted by Crippen LogP contribution is -2.43. The standard InChI is InChI=1S/C27H34Cl2N4O4/c1-27(2)13-17(8-10-37-27)14-30-19-6-7-22(28)20(11-19)21-12-24(31-15-23(21)29)32-25(34)18-5-4-9-33(16-18)26(35)36-3/h6-7,11-12,15,17-18,30H,4-5,8-10,13-14,16H2,1-3H3,(H,31,32,34)/t17-,18-/m0/s1. The molecule has 2 fully saturated rings. The van der Waals surface area contributed by atoms with Gasteiger partial charge in [0.25, 0.3) is 0 Å². The van der Waals surface area contributed by atoms with Gasteiger partial charge in [-0.15, -0.1) is 0 Å². The van der Waals surface area contributed by atoms with Crippen LogP contribution < -0.4 is 10.6 Å². The molecule has 0 spiro atoms. The molecule has 10 heteroatoms. The van der Waals surface area contributed by atoms with Crippen molar-refractivity contribution in [3.8, 4) is 11.1 Å². The Balaban J connectivity index is 1.46. The van der Waals surface area contributed by atoms with Gasteiger partial charge in [0, 0.05) is 54.3 Å². The smallest absolute Gasteiger partial charge is 0.409 e. The number of likely N-dealkylation sites (tertiary alicyclic amines) is 1. The molecule has 0 saturated carbocycles. The van der Waals surface area contributed by atoms with E-state index >= 15 is 0 Å². The number of benzene rings is 1. The summed E-state index contributed by atoms with van der Waals surface area (Å²) in [6, 6.07) is 7.48. The van der Waals surface area contributed by atoms with Crippen LogP contribution in [0.1, 0.15) is 39.5 Å². The maximum atomic E-state index is 13.0. The summed E-state index contributed by atoms with van der Waals surface area (Å²) >= 11 is 13.1. The van der Waals surface area contributed by atoms with Gasteiger partial charge in [-0.1, -0.05) is 23.2 Å². The molecule has 4 rings (SSSR count). The minimum Gasteiger partial charge on any atom is -0.453 e. The maximum Gasteiger partial charge on any atom is 0.409 e. The number of nitrogens with one attached hydrogen (secondary N) is 2. The highest BCUT2D eigenvalue weighted by molar-refractivity contribution is 6.36. The molecule has 0 unspecified atom stereocenters. The minimum absolute atomic E-state index is 0.101. The number of pyridine rings is 1. The highest BCUT2D eigenvalue weighted by atomic mass is 35.5. The molecule has 2 atom stereocenters. The number of rotatable bonds is 6. The molecule has 1 aromatic carbocycles. The molecule has 0 aliphatic carbocycles. The van der Waals surface area contributed by atoms with Crippen LogP contribution in [0.2, 0.25) is 10.0 Å². The van der Waals surface area contributed by atoms with E-state index in [-0.39, 0.29) is 17.4 Å². The van der Waals surface area contributed by atoms with Crippen molar-refractivity contribution in [2.75, 3.05) is 44.0 Å². The van der Waals surface area contributed by atoms with Crippen molar-refractivity contribution in [1.82, 2.24) is 9.88 Å². The van der Waals surface area contributed by atoms with E-state index < -0.39 is 6.09 Å². The molecule has 8 nitrogen and oxygen atoms in total. The van der Waals surface area contributed by atoms with Crippen LogP contribution in [-0.2, 0) is 14.3 Å². The van der Waals surface area contributed by atoms with Crippen LogP contribution in [0.5, 0.6) is 0 Å². The Kier molecular flexibility index (Phi) is 8.82. The fourth-order valence-corrected chi connectivity index (χ4v) is 5.49. The second-order valence-electron chi connectivity index (χ2n) is 10.3. The average molecular weight is 549 g/mol. The molecule has 2 N–H and O–H groups in total. The monoisotopic (exact) mass is 548 g/mol. The number of piperidine rings is 1. The molecule has 1 aromatic heterocycles. The van der Waals surface area contributed by atoms with Gasteiger partial charge in [0.1, 0.15) is 5.82 Å². The van der Waals surface area contributed by atoms with Crippen LogP contribution in [0.4, 0.5) is 16.3 Å². The first kappa shape index (κ1) is 27.5. The SMILES string of the molecule is COC(=O)N1CCC[C@H](C(=O)Nc2cc(-c3cc(NC[C@H]4CCOC(C)(C)C4)ccc3Cl)c(Cl)cn2)C1. The van der Waals surface area contributed by atoms with Crippen LogP contribution in [0.15, 0.2) is 30.5 Å². The predicted molar refractivity (Wildman–Crippen MR) is 146 cm³/mol. The quantitative estimate of drug-likeness (QED) is 0.453. The van der Waals surface area contributed by atoms with Gasteiger partial charge in [0.15, 0.2) is 0 Å². The second-order valence-corrected chi connectivity index (χ2v) is 11.2. The Labute approximate surface area is 228 Å². The molecule has 0 radical (unpaired) electrons. The molecule has 2 amide bonds. The number of hydrogen-bond acceptors (Lipinski definition) is 6. The van der Waals surface area contributed by atoms with Crippen LogP contribution >= 0.6 is 23.2 Å². The van der Waals surface area contributed by atoms with Gasteiger partial charge < -0.3 is 25.0 Å². The van der Waals surface area contributed by atoms with Gasteiger partial charge in [-0.2, -0.15) is 0 Å². The highest BCUT2D eigenvalue weighted by Gasteiger charge is 2.30. The molecule has 200 valence electrons. The Morgan fingerprint density at radius 2 is 1.97 bits per heavy atom. The summed E-state index contributed by atoms with van der Waals surface area (Å²) in [6.45, 7) is 6.75. The van der Waals surface area contributed by atoms with Crippen molar-refractivity contribution in [1.29, 1.82) is 0 Å². The maximum absolute atomic E-state index is 13.0. The Morgan fingerprint density at radius 3 is 2.73 bits per heavy atom. The van der Waals surface area contributed by atoms with E-state index in [4.69, 9.17) is 32.7 Å². The van der Waals surface area contributed by atoms with Crippen LogP contribution in [-0.4, -0.2) is 60.8 Å². The molecule has 37 heavy (non-hydrogen) atoms. The summed E-state index contributed by atoms with van der Waals surface area (Å²) in [4.78, 5) is 30.7. The number of anilines is 2. The number of halogens is 2. The van der Waals surface area contributed by atoms with Gasteiger partial charge >= 0.3 is 6.09 Å². The normalized spacial score (nSPS) is 21.3. The molecule has 3 heterocycles. The third kappa shape index (κ3) is 7.06. The van der Waals surface area contributed by atoms with Crippen LogP contribution in [0.25, 0.3) is 11.1 Å². The zero-order chi connectivity index (χ0) is 26.6. The number of methoxy groups -OCH3 is 1. The van der Waals surface area contributed by atoms with Crippen molar-refractivity contribution in [2.45, 2.75) is 45.1 Å². The van der Waals surface area contributed by atoms with Gasteiger partial charge in [0.05, 0.1) is 23.7 Å². The minimum atomic E-state index is -0.423. The van der Waals surface area contributed by atoms with Gasteiger partial charge in [-0.05, 0) is 69.7 Å². The summed E-state index contributed by atoms with van der Waals surface area (Å²) in [5.74, 6) is 0.345. The third-order valence-electron chi connectivity index (χ3n) is 6.98. The van der Waals surface area contributed by atoms with Crippen LogP contribution in [0.3, 0.4) is 0 Å². The number of carbonyl (C=O) groups is 2. The molecular weight excluding hydrogens is 515 g/mol. The van der Waals surface area contributed by atoms with E-state index in [9.17, 15) is 9.59 Å². The second kappa shape index (κ2) is 11.9. The molecule has 2 aliphatic rings. The largest absolute Gasteiger partial charge is 0.453 e. The van der Waals surface area contributed by atoms with Crippen LogP contribution in [0, 0.1) is 11.8 Å². The Bertz CT molecular complexity index is 1140. The lowest BCUT2D eigenvalue weighted by molar-refractivity contribution is -0.121. The van der Waals surface area contributed by atoms with Crippen molar-refractivity contribution >= 4 is 46.7 Å².